The maximum Gasteiger partial charge on any atom is 0.185 e. The summed E-state index contributed by atoms with van der Waals surface area (Å²) in [6, 6.07) is 11.2. The van der Waals surface area contributed by atoms with Crippen molar-refractivity contribution < 1.29 is 13.9 Å². The van der Waals surface area contributed by atoms with Crippen molar-refractivity contribution in [3.63, 3.8) is 0 Å². The molecule has 2 aromatic rings. The van der Waals surface area contributed by atoms with Crippen LogP contribution in [0.4, 0.5) is 4.39 Å². The third kappa shape index (κ3) is 4.42. The summed E-state index contributed by atoms with van der Waals surface area (Å²) in [6.07, 6.45) is 2.69. The summed E-state index contributed by atoms with van der Waals surface area (Å²) in [4.78, 5) is 12.1. The molecule has 0 heterocycles. The third-order valence-electron chi connectivity index (χ3n) is 2.89. The molecule has 0 unspecified atom stereocenters. The molecule has 0 saturated heterocycles. The van der Waals surface area contributed by atoms with Gasteiger partial charge in [-0.25, -0.2) is 4.39 Å². The van der Waals surface area contributed by atoms with Crippen molar-refractivity contribution in [3.05, 3.63) is 70.5 Å². The maximum atomic E-state index is 13.6. The SMILES string of the molecule is O=C(/C=C/c1c(F)cccc1Cl)c1ccc(OCCBr)cc1. The number of rotatable bonds is 6. The molecule has 0 aliphatic rings. The zero-order valence-corrected chi connectivity index (χ0v) is 13.9. The van der Waals surface area contributed by atoms with Crippen LogP contribution < -0.4 is 4.74 Å². The van der Waals surface area contributed by atoms with E-state index in [1.54, 1.807) is 30.3 Å². The number of halogens is 3. The second kappa shape index (κ2) is 8.11. The highest BCUT2D eigenvalue weighted by Gasteiger charge is 2.06. The zero-order chi connectivity index (χ0) is 15.9. The Labute approximate surface area is 141 Å². The van der Waals surface area contributed by atoms with Gasteiger partial charge in [-0.05, 0) is 48.6 Å². The highest BCUT2D eigenvalue weighted by atomic mass is 79.9. The van der Waals surface area contributed by atoms with Gasteiger partial charge in [-0.15, -0.1) is 0 Å². The van der Waals surface area contributed by atoms with E-state index < -0.39 is 5.82 Å². The largest absolute Gasteiger partial charge is 0.493 e. The van der Waals surface area contributed by atoms with E-state index in [4.69, 9.17) is 16.3 Å². The van der Waals surface area contributed by atoms with Crippen LogP contribution in [-0.2, 0) is 0 Å². The van der Waals surface area contributed by atoms with Crippen LogP contribution in [0.5, 0.6) is 5.75 Å². The van der Waals surface area contributed by atoms with Gasteiger partial charge in [-0.2, -0.15) is 0 Å². The minimum atomic E-state index is -0.463. The van der Waals surface area contributed by atoms with Gasteiger partial charge in [-0.1, -0.05) is 33.6 Å². The van der Waals surface area contributed by atoms with Crippen LogP contribution >= 0.6 is 27.5 Å². The Balaban J connectivity index is 2.10. The van der Waals surface area contributed by atoms with E-state index in [0.717, 1.165) is 5.33 Å². The number of allylic oxidation sites excluding steroid dienone is 1. The van der Waals surface area contributed by atoms with Gasteiger partial charge in [0.25, 0.3) is 0 Å². The topological polar surface area (TPSA) is 26.3 Å². The summed E-state index contributed by atoms with van der Waals surface area (Å²) >= 11 is 9.17. The Morgan fingerprint density at radius 3 is 2.59 bits per heavy atom. The summed E-state index contributed by atoms with van der Waals surface area (Å²) in [5.41, 5.74) is 0.699. The molecule has 0 amide bonds. The average molecular weight is 384 g/mol. The van der Waals surface area contributed by atoms with E-state index in [2.05, 4.69) is 15.9 Å². The smallest absolute Gasteiger partial charge is 0.185 e. The van der Waals surface area contributed by atoms with E-state index in [1.165, 1.54) is 24.3 Å². The summed E-state index contributed by atoms with van der Waals surface area (Å²) in [7, 11) is 0. The molecule has 114 valence electrons. The molecule has 0 saturated carbocycles. The van der Waals surface area contributed by atoms with Gasteiger partial charge < -0.3 is 4.74 Å². The van der Waals surface area contributed by atoms with Crippen molar-refractivity contribution in [2.45, 2.75) is 0 Å². The molecule has 0 aromatic heterocycles. The van der Waals surface area contributed by atoms with Gasteiger partial charge >= 0.3 is 0 Å². The van der Waals surface area contributed by atoms with Crippen molar-refractivity contribution >= 4 is 39.4 Å². The molecule has 0 spiro atoms. The number of ether oxygens (including phenoxy) is 1. The summed E-state index contributed by atoms with van der Waals surface area (Å²) < 4.78 is 19.0. The van der Waals surface area contributed by atoms with E-state index >= 15 is 0 Å². The van der Waals surface area contributed by atoms with E-state index in [1.807, 2.05) is 0 Å². The fourth-order valence-corrected chi connectivity index (χ4v) is 2.18. The number of hydrogen-bond donors (Lipinski definition) is 0. The molecule has 2 rings (SSSR count). The minimum absolute atomic E-state index is 0.204. The van der Waals surface area contributed by atoms with Crippen LogP contribution in [0.2, 0.25) is 5.02 Å². The van der Waals surface area contributed by atoms with Crippen molar-refractivity contribution in [2.24, 2.45) is 0 Å². The lowest BCUT2D eigenvalue weighted by atomic mass is 10.1. The molecule has 0 radical (unpaired) electrons. The van der Waals surface area contributed by atoms with Gasteiger partial charge in [0.2, 0.25) is 0 Å². The lowest BCUT2D eigenvalue weighted by Crippen LogP contribution is -1.99. The number of carbonyl (C=O) groups is 1. The van der Waals surface area contributed by atoms with Crippen LogP contribution in [0.15, 0.2) is 48.5 Å². The molecule has 0 N–H and O–H groups in total. The van der Waals surface area contributed by atoms with Gasteiger partial charge in [-0.3, -0.25) is 4.79 Å². The molecule has 0 bridgehead atoms. The molecule has 0 aliphatic heterocycles. The highest BCUT2D eigenvalue weighted by molar-refractivity contribution is 9.09. The Kier molecular flexibility index (Phi) is 6.16. The van der Waals surface area contributed by atoms with E-state index in [-0.39, 0.29) is 16.4 Å². The summed E-state index contributed by atoms with van der Waals surface area (Å²) in [5.74, 6) is -0.00133. The maximum absolute atomic E-state index is 13.6. The number of carbonyl (C=O) groups excluding carboxylic acids is 1. The molecule has 0 aliphatic carbocycles. The van der Waals surface area contributed by atoms with Crippen molar-refractivity contribution in [3.8, 4) is 5.75 Å². The van der Waals surface area contributed by atoms with Gasteiger partial charge in [0.15, 0.2) is 5.78 Å². The Bertz CT molecular complexity index is 663. The minimum Gasteiger partial charge on any atom is -0.493 e. The lowest BCUT2D eigenvalue weighted by molar-refractivity contribution is 0.104. The predicted octanol–water partition coefficient (Wildman–Crippen LogP) is 5.15. The normalized spacial score (nSPS) is 10.9. The fourth-order valence-electron chi connectivity index (χ4n) is 1.80. The average Bonchev–Trinajstić information content (AvgIpc) is 2.52. The molecular formula is C17H13BrClFO2. The number of alkyl halides is 1. The Hall–Kier alpha value is -1.65. The predicted molar refractivity (Wildman–Crippen MR) is 90.5 cm³/mol. The molecule has 0 atom stereocenters. The quantitative estimate of drug-likeness (QED) is 0.392. The first-order valence-corrected chi connectivity index (χ1v) is 8.07. The molecular weight excluding hydrogens is 371 g/mol. The number of ketones is 1. The van der Waals surface area contributed by atoms with Crippen LogP contribution in [0.25, 0.3) is 6.08 Å². The molecule has 2 aromatic carbocycles. The standard InChI is InChI=1S/C17H13BrClFO2/c18-10-11-22-13-6-4-12(5-7-13)17(21)9-8-14-15(19)2-1-3-16(14)20/h1-9H,10-11H2/b9-8+. The van der Waals surface area contributed by atoms with Crippen molar-refractivity contribution in [1.29, 1.82) is 0 Å². The molecule has 5 heteroatoms. The van der Waals surface area contributed by atoms with Crippen LogP contribution in [0.1, 0.15) is 15.9 Å². The number of hydrogen-bond acceptors (Lipinski definition) is 2. The molecule has 0 fully saturated rings. The number of benzene rings is 2. The van der Waals surface area contributed by atoms with E-state index in [0.29, 0.717) is 17.9 Å². The summed E-state index contributed by atoms with van der Waals surface area (Å²) in [6.45, 7) is 0.555. The lowest BCUT2D eigenvalue weighted by Gasteiger charge is -2.04. The second-order valence-electron chi connectivity index (χ2n) is 4.39. The van der Waals surface area contributed by atoms with Crippen LogP contribution in [-0.4, -0.2) is 17.7 Å². The zero-order valence-electron chi connectivity index (χ0n) is 11.6. The monoisotopic (exact) mass is 382 g/mol. The van der Waals surface area contributed by atoms with Crippen LogP contribution in [0, 0.1) is 5.82 Å². The Morgan fingerprint density at radius 1 is 1.23 bits per heavy atom. The van der Waals surface area contributed by atoms with E-state index in [9.17, 15) is 9.18 Å². The van der Waals surface area contributed by atoms with Crippen molar-refractivity contribution in [2.75, 3.05) is 11.9 Å². The first-order valence-electron chi connectivity index (χ1n) is 6.57. The van der Waals surface area contributed by atoms with Crippen molar-refractivity contribution in [1.82, 2.24) is 0 Å². The van der Waals surface area contributed by atoms with Gasteiger partial charge in [0.05, 0.1) is 11.6 Å². The third-order valence-corrected chi connectivity index (χ3v) is 3.54. The molecule has 22 heavy (non-hydrogen) atoms. The Morgan fingerprint density at radius 2 is 1.95 bits per heavy atom. The van der Waals surface area contributed by atoms with Crippen LogP contribution in [0.3, 0.4) is 0 Å². The highest BCUT2D eigenvalue weighted by Crippen LogP contribution is 2.21. The van der Waals surface area contributed by atoms with Gasteiger partial charge in [0, 0.05) is 16.5 Å². The first-order chi connectivity index (χ1) is 10.6. The summed E-state index contributed by atoms with van der Waals surface area (Å²) in [5, 5.41) is 1.00. The first kappa shape index (κ1) is 16.7. The molecule has 2 nitrogen and oxygen atoms in total. The second-order valence-corrected chi connectivity index (χ2v) is 5.59. The van der Waals surface area contributed by atoms with Gasteiger partial charge in [0.1, 0.15) is 11.6 Å². The fraction of sp³-hybridized carbons (Fsp3) is 0.118.